The maximum absolute atomic E-state index is 10.9. The van der Waals surface area contributed by atoms with Crippen LogP contribution in [0.3, 0.4) is 0 Å². The average Bonchev–Trinajstić information content (AvgIpc) is 2.74. The van der Waals surface area contributed by atoms with Gasteiger partial charge in [-0.3, -0.25) is 9.78 Å². The molecular weight excluding hydrogens is 316 g/mol. The number of aliphatic hydroxyl groups is 5. The molecule has 0 aliphatic carbocycles. The van der Waals surface area contributed by atoms with Gasteiger partial charge in [0.25, 0.3) is 5.56 Å². The molecule has 1 aliphatic rings. The number of cyclic esters (lactones) is 1. The SMILES string of the molecule is Cc1[nH]c(=O)[nH]c(=O)c1CO.O=C1OC([C@@H](O)CO)C(O)=C1O. The number of hydrogen-bond donors (Lipinski definition) is 7. The van der Waals surface area contributed by atoms with Crippen LogP contribution in [0.4, 0.5) is 0 Å². The van der Waals surface area contributed by atoms with Gasteiger partial charge in [0.05, 0.1) is 18.8 Å². The van der Waals surface area contributed by atoms with E-state index in [1.807, 2.05) is 4.98 Å². The van der Waals surface area contributed by atoms with Crippen molar-refractivity contribution in [3.8, 4) is 0 Å². The van der Waals surface area contributed by atoms with E-state index in [1.165, 1.54) is 0 Å². The number of aryl methyl sites for hydroxylation is 1. The van der Waals surface area contributed by atoms with E-state index in [4.69, 9.17) is 25.5 Å². The molecule has 0 bridgehead atoms. The Bertz CT molecular complexity index is 718. The van der Waals surface area contributed by atoms with Crippen molar-refractivity contribution in [2.45, 2.75) is 25.7 Å². The maximum Gasteiger partial charge on any atom is 0.377 e. The zero-order chi connectivity index (χ0) is 17.7. The molecule has 0 spiro atoms. The molecule has 11 heteroatoms. The number of aromatic amines is 2. The van der Waals surface area contributed by atoms with Gasteiger partial charge in [-0.15, -0.1) is 0 Å². The molecule has 0 fully saturated rings. The predicted octanol–water partition coefficient (Wildman–Crippen LogP) is -2.54. The number of esters is 1. The lowest BCUT2D eigenvalue weighted by molar-refractivity contribution is -0.147. The lowest BCUT2D eigenvalue weighted by Crippen LogP contribution is -2.31. The Morgan fingerprint density at radius 1 is 1.17 bits per heavy atom. The van der Waals surface area contributed by atoms with Gasteiger partial charge in [0.15, 0.2) is 11.9 Å². The van der Waals surface area contributed by atoms with E-state index < -0.39 is 47.6 Å². The van der Waals surface area contributed by atoms with Gasteiger partial charge in [0, 0.05) is 5.69 Å². The van der Waals surface area contributed by atoms with E-state index in [-0.39, 0.29) is 12.2 Å². The van der Waals surface area contributed by atoms with Gasteiger partial charge in [-0.05, 0) is 6.92 Å². The van der Waals surface area contributed by atoms with Gasteiger partial charge < -0.3 is 35.3 Å². The number of carbonyl (C=O) groups excluding carboxylic acids is 1. The largest absolute Gasteiger partial charge is 0.505 e. The highest BCUT2D eigenvalue weighted by Crippen LogP contribution is 2.20. The van der Waals surface area contributed by atoms with Crippen molar-refractivity contribution in [2.75, 3.05) is 6.61 Å². The number of aliphatic hydroxyl groups excluding tert-OH is 5. The van der Waals surface area contributed by atoms with Crippen molar-refractivity contribution in [1.29, 1.82) is 0 Å². The normalized spacial score (nSPS) is 18.3. The Hall–Kier alpha value is -2.63. The Kier molecular flexibility index (Phi) is 6.07. The third-order valence-electron chi connectivity index (χ3n) is 2.89. The number of H-pyrrole nitrogens is 2. The second kappa shape index (κ2) is 7.58. The number of aromatic nitrogens is 2. The topological polar surface area (TPSA) is 193 Å². The molecule has 0 radical (unpaired) electrons. The maximum atomic E-state index is 10.9. The third kappa shape index (κ3) is 4.18. The highest BCUT2D eigenvalue weighted by Gasteiger charge is 2.38. The molecule has 11 nitrogen and oxygen atoms in total. The molecule has 1 unspecified atom stereocenters. The first-order chi connectivity index (χ1) is 10.7. The van der Waals surface area contributed by atoms with Crippen LogP contribution in [0, 0.1) is 6.92 Å². The molecule has 2 rings (SSSR count). The van der Waals surface area contributed by atoms with Crippen LogP contribution in [0.5, 0.6) is 0 Å². The summed E-state index contributed by atoms with van der Waals surface area (Å²) in [5.74, 6) is -2.78. The minimum atomic E-state index is -1.42. The number of carbonyl (C=O) groups is 1. The summed E-state index contributed by atoms with van der Waals surface area (Å²) in [5, 5.41) is 43.7. The number of ether oxygens (including phenoxy) is 1. The summed E-state index contributed by atoms with van der Waals surface area (Å²) < 4.78 is 4.32. The molecule has 23 heavy (non-hydrogen) atoms. The van der Waals surface area contributed by atoms with Gasteiger partial charge in [-0.25, -0.2) is 9.59 Å². The van der Waals surface area contributed by atoms with Crippen molar-refractivity contribution in [1.82, 2.24) is 9.97 Å². The zero-order valence-corrected chi connectivity index (χ0v) is 11.9. The van der Waals surface area contributed by atoms with Crippen LogP contribution >= 0.6 is 0 Å². The van der Waals surface area contributed by atoms with Crippen molar-refractivity contribution >= 4 is 5.97 Å². The van der Waals surface area contributed by atoms with Crippen LogP contribution in [-0.4, -0.2) is 60.3 Å². The fraction of sp³-hybridized carbons (Fsp3) is 0.417. The number of nitrogens with one attached hydrogen (secondary N) is 2. The lowest BCUT2D eigenvalue weighted by Gasteiger charge is -2.13. The van der Waals surface area contributed by atoms with E-state index in [0.29, 0.717) is 5.69 Å². The standard InChI is InChI=1S/C6H8N2O3.C6H8O6/c1-3-4(2-9)5(10)8-6(11)7-3;7-1-2(8)5-3(9)4(10)6(11)12-5/h9H,2H2,1H3,(H2,7,8,10,11);2,5,7-10H,1H2/t;2-,5?/m.0/s1. The Morgan fingerprint density at radius 3 is 2.17 bits per heavy atom. The first-order valence-electron chi connectivity index (χ1n) is 6.27. The molecule has 2 atom stereocenters. The quantitative estimate of drug-likeness (QED) is 0.292. The molecule has 128 valence electrons. The van der Waals surface area contributed by atoms with E-state index in [0.717, 1.165) is 0 Å². The van der Waals surface area contributed by atoms with E-state index >= 15 is 0 Å². The van der Waals surface area contributed by atoms with E-state index in [2.05, 4.69) is 9.72 Å². The predicted molar refractivity (Wildman–Crippen MR) is 73.6 cm³/mol. The Labute approximate surface area is 128 Å². The second-order valence-corrected chi connectivity index (χ2v) is 4.48. The lowest BCUT2D eigenvalue weighted by atomic mass is 10.2. The van der Waals surface area contributed by atoms with E-state index in [1.54, 1.807) is 6.92 Å². The van der Waals surface area contributed by atoms with Gasteiger partial charge in [-0.2, -0.15) is 0 Å². The molecule has 2 heterocycles. The summed E-state index contributed by atoms with van der Waals surface area (Å²) in [5.41, 5.74) is -0.482. The number of hydrogen-bond acceptors (Lipinski definition) is 9. The minimum absolute atomic E-state index is 0.199. The summed E-state index contributed by atoms with van der Waals surface area (Å²) >= 11 is 0. The van der Waals surface area contributed by atoms with Crippen LogP contribution < -0.4 is 11.2 Å². The van der Waals surface area contributed by atoms with Gasteiger partial charge in [0.1, 0.15) is 6.10 Å². The first-order valence-corrected chi connectivity index (χ1v) is 6.27. The summed E-state index contributed by atoms with van der Waals surface area (Å²) in [6.45, 7) is 0.523. The van der Waals surface area contributed by atoms with Crippen molar-refractivity contribution < 1.29 is 35.1 Å². The first kappa shape index (κ1) is 18.4. The Balaban J connectivity index is 0.000000231. The Morgan fingerprint density at radius 2 is 1.78 bits per heavy atom. The van der Waals surface area contributed by atoms with Crippen LogP contribution in [0.25, 0.3) is 0 Å². The van der Waals surface area contributed by atoms with Gasteiger partial charge in [-0.1, -0.05) is 0 Å². The van der Waals surface area contributed by atoms with Crippen LogP contribution in [0.15, 0.2) is 21.1 Å². The average molecular weight is 332 g/mol. The van der Waals surface area contributed by atoms with Crippen molar-refractivity contribution in [2.24, 2.45) is 0 Å². The molecule has 1 aliphatic heterocycles. The molecule has 1 aromatic heterocycles. The highest BCUT2D eigenvalue weighted by molar-refractivity contribution is 5.89. The smallest absolute Gasteiger partial charge is 0.377 e. The third-order valence-corrected chi connectivity index (χ3v) is 2.89. The van der Waals surface area contributed by atoms with Crippen LogP contribution in [-0.2, 0) is 16.1 Å². The van der Waals surface area contributed by atoms with Crippen LogP contribution in [0.2, 0.25) is 0 Å². The fourth-order valence-electron chi connectivity index (χ4n) is 1.64. The highest BCUT2D eigenvalue weighted by atomic mass is 16.6. The van der Waals surface area contributed by atoms with Gasteiger partial charge in [0.2, 0.25) is 5.76 Å². The second-order valence-electron chi connectivity index (χ2n) is 4.48. The van der Waals surface area contributed by atoms with E-state index in [9.17, 15) is 14.4 Å². The summed E-state index contributed by atoms with van der Waals surface area (Å²) in [6, 6.07) is 0. The molecular formula is C12H16N2O9. The summed E-state index contributed by atoms with van der Waals surface area (Å²) in [4.78, 5) is 36.3. The van der Waals surface area contributed by atoms with Crippen molar-refractivity contribution in [3.63, 3.8) is 0 Å². The monoisotopic (exact) mass is 332 g/mol. The number of rotatable bonds is 3. The summed E-state index contributed by atoms with van der Waals surface area (Å²) in [7, 11) is 0. The molecule has 1 aromatic rings. The molecule has 0 aromatic carbocycles. The molecule has 0 saturated carbocycles. The van der Waals surface area contributed by atoms with Gasteiger partial charge >= 0.3 is 11.7 Å². The molecule has 0 amide bonds. The zero-order valence-electron chi connectivity index (χ0n) is 11.9. The van der Waals surface area contributed by atoms with Crippen molar-refractivity contribution in [3.05, 3.63) is 43.6 Å². The minimum Gasteiger partial charge on any atom is -0.505 e. The summed E-state index contributed by atoms with van der Waals surface area (Å²) in [6.07, 6.45) is -2.78. The van der Waals surface area contributed by atoms with Crippen LogP contribution in [0.1, 0.15) is 11.3 Å². The molecule has 0 saturated heterocycles. The molecule has 7 N–H and O–H groups in total. The fourth-order valence-corrected chi connectivity index (χ4v) is 1.64.